The van der Waals surface area contributed by atoms with Crippen LogP contribution in [0.5, 0.6) is 11.5 Å². The molecule has 7 heteroatoms. The predicted octanol–water partition coefficient (Wildman–Crippen LogP) is 4.34. The van der Waals surface area contributed by atoms with E-state index in [9.17, 15) is 19.7 Å². The van der Waals surface area contributed by atoms with Crippen LogP contribution in [0.3, 0.4) is 0 Å². The maximum atomic E-state index is 12.4. The zero-order chi connectivity index (χ0) is 20.1. The van der Waals surface area contributed by atoms with E-state index in [1.165, 1.54) is 37.3 Å². The summed E-state index contributed by atoms with van der Waals surface area (Å²) in [6, 6.07) is 18.6. The number of aryl methyl sites for hydroxylation is 1. The van der Waals surface area contributed by atoms with E-state index in [0.717, 1.165) is 0 Å². The summed E-state index contributed by atoms with van der Waals surface area (Å²) in [4.78, 5) is 35.2. The van der Waals surface area contributed by atoms with Crippen molar-refractivity contribution < 1.29 is 24.0 Å². The molecule has 0 aromatic heterocycles. The second-order valence-corrected chi connectivity index (χ2v) is 5.85. The average molecular weight is 377 g/mol. The molecule has 0 unspecified atom stereocenters. The molecule has 3 aromatic rings. The van der Waals surface area contributed by atoms with Crippen molar-refractivity contribution in [2.45, 2.75) is 6.92 Å². The number of para-hydroxylation sites is 2. The minimum atomic E-state index is -0.738. The zero-order valence-electron chi connectivity index (χ0n) is 14.8. The molecule has 0 aliphatic carbocycles. The number of rotatable bonds is 5. The molecule has 0 radical (unpaired) electrons. The van der Waals surface area contributed by atoms with E-state index in [1.54, 1.807) is 42.5 Å². The number of hydrogen-bond donors (Lipinski definition) is 0. The van der Waals surface area contributed by atoms with Crippen molar-refractivity contribution in [1.29, 1.82) is 0 Å². The number of nitrogens with zero attached hydrogens (tertiary/aromatic N) is 1. The third-order valence-corrected chi connectivity index (χ3v) is 3.89. The first kappa shape index (κ1) is 18.8. The van der Waals surface area contributed by atoms with Gasteiger partial charge in [-0.15, -0.1) is 0 Å². The summed E-state index contributed by atoms with van der Waals surface area (Å²) in [5.74, 6) is -1.02. The standard InChI is InChI=1S/C21H15NO6/c1-14-13-15(11-12-18(14)22(25)26)20(23)28-19-10-6-5-9-17(19)21(24)27-16-7-3-2-4-8-16/h2-13H,1H3. The third-order valence-electron chi connectivity index (χ3n) is 3.89. The number of carbonyl (C=O) groups is 2. The zero-order valence-corrected chi connectivity index (χ0v) is 14.8. The lowest BCUT2D eigenvalue weighted by atomic mass is 10.1. The van der Waals surface area contributed by atoms with Gasteiger partial charge >= 0.3 is 11.9 Å². The minimum Gasteiger partial charge on any atom is -0.423 e. The lowest BCUT2D eigenvalue weighted by Crippen LogP contribution is -2.14. The molecule has 140 valence electrons. The molecule has 0 saturated heterocycles. The number of esters is 2. The number of hydrogen-bond acceptors (Lipinski definition) is 6. The van der Waals surface area contributed by atoms with E-state index in [0.29, 0.717) is 11.3 Å². The molecule has 0 heterocycles. The van der Waals surface area contributed by atoms with Gasteiger partial charge in [0.15, 0.2) is 0 Å². The first-order valence-corrected chi connectivity index (χ1v) is 8.29. The van der Waals surface area contributed by atoms with Crippen molar-refractivity contribution in [1.82, 2.24) is 0 Å². The van der Waals surface area contributed by atoms with Crippen molar-refractivity contribution >= 4 is 17.6 Å². The summed E-state index contributed by atoms with van der Waals surface area (Å²) in [6.07, 6.45) is 0. The van der Waals surface area contributed by atoms with Gasteiger partial charge in [0, 0.05) is 11.6 Å². The second-order valence-electron chi connectivity index (χ2n) is 5.85. The molecule has 3 aromatic carbocycles. The van der Waals surface area contributed by atoms with E-state index in [4.69, 9.17) is 9.47 Å². The Bertz CT molecular complexity index is 1050. The Morgan fingerprint density at radius 3 is 2.21 bits per heavy atom. The van der Waals surface area contributed by atoms with Crippen LogP contribution in [-0.2, 0) is 0 Å². The van der Waals surface area contributed by atoms with Gasteiger partial charge in [0.2, 0.25) is 0 Å². The molecule has 28 heavy (non-hydrogen) atoms. The monoisotopic (exact) mass is 377 g/mol. The van der Waals surface area contributed by atoms with E-state index >= 15 is 0 Å². The van der Waals surface area contributed by atoms with Crippen molar-refractivity contribution in [2.75, 3.05) is 0 Å². The molecule has 0 bridgehead atoms. The van der Waals surface area contributed by atoms with Gasteiger partial charge in [-0.05, 0) is 43.3 Å². The maximum absolute atomic E-state index is 12.4. The van der Waals surface area contributed by atoms with Crippen LogP contribution in [0.4, 0.5) is 5.69 Å². The van der Waals surface area contributed by atoms with Crippen LogP contribution >= 0.6 is 0 Å². The molecule has 0 amide bonds. The summed E-state index contributed by atoms with van der Waals surface area (Å²) in [6.45, 7) is 1.53. The fourth-order valence-corrected chi connectivity index (χ4v) is 2.52. The van der Waals surface area contributed by atoms with Crippen LogP contribution in [0.2, 0.25) is 0 Å². The molecular formula is C21H15NO6. The Labute approximate surface area is 160 Å². The van der Waals surface area contributed by atoms with Gasteiger partial charge in [-0.1, -0.05) is 30.3 Å². The normalized spacial score (nSPS) is 10.2. The van der Waals surface area contributed by atoms with E-state index < -0.39 is 16.9 Å². The van der Waals surface area contributed by atoms with Crippen LogP contribution in [-0.4, -0.2) is 16.9 Å². The maximum Gasteiger partial charge on any atom is 0.347 e. The SMILES string of the molecule is Cc1cc(C(=O)Oc2ccccc2C(=O)Oc2ccccc2)ccc1[N+](=O)[O-]. The number of nitro groups is 1. The van der Waals surface area contributed by atoms with Crippen molar-refractivity contribution in [3.8, 4) is 11.5 Å². The molecule has 0 saturated carbocycles. The highest BCUT2D eigenvalue weighted by Crippen LogP contribution is 2.24. The second kappa shape index (κ2) is 8.13. The summed E-state index contributed by atoms with van der Waals surface area (Å²) in [5.41, 5.74) is 0.451. The Balaban J connectivity index is 1.81. The van der Waals surface area contributed by atoms with Crippen LogP contribution in [0.15, 0.2) is 72.8 Å². The first-order chi connectivity index (χ1) is 13.5. The van der Waals surface area contributed by atoms with Gasteiger partial charge in [-0.2, -0.15) is 0 Å². The molecule has 0 N–H and O–H groups in total. The molecule has 0 aliphatic rings. The number of ether oxygens (including phenoxy) is 2. The van der Waals surface area contributed by atoms with Gasteiger partial charge in [0.1, 0.15) is 17.1 Å². The van der Waals surface area contributed by atoms with Crippen molar-refractivity contribution in [2.24, 2.45) is 0 Å². The number of carbonyl (C=O) groups excluding carboxylic acids is 2. The molecule has 0 atom stereocenters. The van der Waals surface area contributed by atoms with E-state index in [2.05, 4.69) is 0 Å². The summed E-state index contributed by atoms with van der Waals surface area (Å²) in [5, 5.41) is 10.9. The average Bonchev–Trinajstić information content (AvgIpc) is 2.68. The number of nitro benzene ring substituents is 1. The van der Waals surface area contributed by atoms with Gasteiger partial charge in [-0.3, -0.25) is 10.1 Å². The highest BCUT2D eigenvalue weighted by Gasteiger charge is 2.19. The fourth-order valence-electron chi connectivity index (χ4n) is 2.52. The van der Waals surface area contributed by atoms with Crippen molar-refractivity contribution in [3.63, 3.8) is 0 Å². The minimum absolute atomic E-state index is 0.0319. The van der Waals surface area contributed by atoms with Gasteiger partial charge < -0.3 is 9.47 Å². The Morgan fingerprint density at radius 2 is 1.54 bits per heavy atom. The summed E-state index contributed by atoms with van der Waals surface area (Å²) < 4.78 is 10.6. The Hall–Kier alpha value is -4.00. The Kier molecular flexibility index (Phi) is 5.45. The van der Waals surface area contributed by atoms with Gasteiger partial charge in [-0.25, -0.2) is 9.59 Å². The van der Waals surface area contributed by atoms with Crippen LogP contribution in [0, 0.1) is 17.0 Å². The van der Waals surface area contributed by atoms with E-state index in [1.807, 2.05) is 0 Å². The van der Waals surface area contributed by atoms with E-state index in [-0.39, 0.29) is 22.6 Å². The van der Waals surface area contributed by atoms with Crippen molar-refractivity contribution in [3.05, 3.63) is 99.6 Å². The molecule has 0 fully saturated rings. The van der Waals surface area contributed by atoms with Gasteiger partial charge in [0.25, 0.3) is 5.69 Å². The lowest BCUT2D eigenvalue weighted by Gasteiger charge is -2.10. The topological polar surface area (TPSA) is 95.7 Å². The fraction of sp³-hybridized carbons (Fsp3) is 0.0476. The third kappa shape index (κ3) is 4.21. The molecule has 3 rings (SSSR count). The van der Waals surface area contributed by atoms with Crippen LogP contribution in [0.25, 0.3) is 0 Å². The summed E-state index contributed by atoms with van der Waals surface area (Å²) in [7, 11) is 0. The summed E-state index contributed by atoms with van der Waals surface area (Å²) >= 11 is 0. The highest BCUT2D eigenvalue weighted by molar-refractivity contribution is 5.97. The van der Waals surface area contributed by atoms with Gasteiger partial charge in [0.05, 0.1) is 10.5 Å². The largest absolute Gasteiger partial charge is 0.423 e. The molecule has 0 aliphatic heterocycles. The highest BCUT2D eigenvalue weighted by atomic mass is 16.6. The lowest BCUT2D eigenvalue weighted by molar-refractivity contribution is -0.385. The quantitative estimate of drug-likeness (QED) is 0.284. The predicted molar refractivity (Wildman–Crippen MR) is 101 cm³/mol. The smallest absolute Gasteiger partial charge is 0.347 e. The molecular weight excluding hydrogens is 362 g/mol. The molecule has 0 spiro atoms. The van der Waals surface area contributed by atoms with Crippen LogP contribution in [0.1, 0.15) is 26.3 Å². The Morgan fingerprint density at radius 1 is 0.857 bits per heavy atom. The first-order valence-electron chi connectivity index (χ1n) is 8.29. The number of benzene rings is 3. The molecule has 7 nitrogen and oxygen atoms in total. The van der Waals surface area contributed by atoms with Crippen LogP contribution < -0.4 is 9.47 Å².